The molecule has 0 unspecified atom stereocenters. The quantitative estimate of drug-likeness (QED) is 0.790. The van der Waals surface area contributed by atoms with E-state index in [1.54, 1.807) is 18.1 Å². The van der Waals surface area contributed by atoms with Crippen LogP contribution in [0.2, 0.25) is 0 Å². The smallest absolute Gasteiger partial charge is 0.254 e. The summed E-state index contributed by atoms with van der Waals surface area (Å²) in [5.74, 6) is -0.0387. The van der Waals surface area contributed by atoms with Crippen molar-refractivity contribution in [2.45, 2.75) is 32.9 Å². The Labute approximate surface area is 114 Å². The van der Waals surface area contributed by atoms with Gasteiger partial charge in [-0.15, -0.1) is 0 Å². The number of benzene rings is 1. The lowest BCUT2D eigenvalue weighted by atomic mass is 10.1. The number of methoxy groups -OCH3 is 1. The normalized spacial score (nSPS) is 10.3. The molecule has 0 N–H and O–H groups in total. The van der Waals surface area contributed by atoms with Crippen molar-refractivity contribution in [3.05, 3.63) is 35.4 Å². The molecule has 0 aliphatic heterocycles. The highest BCUT2D eigenvalue weighted by molar-refractivity contribution is 5.94. The van der Waals surface area contributed by atoms with E-state index < -0.39 is 0 Å². The van der Waals surface area contributed by atoms with Crippen molar-refractivity contribution in [1.29, 1.82) is 5.26 Å². The highest BCUT2D eigenvalue weighted by Gasteiger charge is 2.18. The molecule has 0 saturated heterocycles. The van der Waals surface area contributed by atoms with Crippen LogP contribution in [0.5, 0.6) is 0 Å². The largest absolute Gasteiger partial charge is 0.380 e. The Hall–Kier alpha value is -1.86. The number of rotatable bonds is 6. The van der Waals surface area contributed by atoms with Gasteiger partial charge >= 0.3 is 0 Å². The summed E-state index contributed by atoms with van der Waals surface area (Å²) in [7, 11) is 1.63. The molecule has 0 fully saturated rings. The van der Waals surface area contributed by atoms with Gasteiger partial charge in [-0.25, -0.2) is 0 Å². The summed E-state index contributed by atoms with van der Waals surface area (Å²) < 4.78 is 5.07. The fraction of sp³-hybridized carbons (Fsp3) is 0.467. The van der Waals surface area contributed by atoms with Crippen molar-refractivity contribution >= 4 is 5.91 Å². The third kappa shape index (κ3) is 4.38. The standard InChI is InChI=1S/C15H20N2O2/c1-12(2)17(9-5-8-16)15(18)14-7-4-6-13(10-14)11-19-3/h4,6-7,10,12H,5,9,11H2,1-3H3. The lowest BCUT2D eigenvalue weighted by Gasteiger charge is -2.26. The van der Waals surface area contributed by atoms with Crippen molar-refractivity contribution in [2.75, 3.05) is 13.7 Å². The molecule has 1 aromatic carbocycles. The number of hydrogen-bond donors (Lipinski definition) is 0. The number of nitriles is 1. The Morgan fingerprint density at radius 1 is 1.47 bits per heavy atom. The first-order valence-electron chi connectivity index (χ1n) is 6.36. The van der Waals surface area contributed by atoms with E-state index in [0.717, 1.165) is 5.56 Å². The number of ether oxygens (including phenoxy) is 1. The van der Waals surface area contributed by atoms with Gasteiger partial charge in [-0.3, -0.25) is 4.79 Å². The predicted octanol–water partition coefficient (Wildman–Crippen LogP) is 2.60. The maximum Gasteiger partial charge on any atom is 0.254 e. The Bertz CT molecular complexity index is 463. The van der Waals surface area contributed by atoms with Crippen molar-refractivity contribution in [1.82, 2.24) is 4.90 Å². The minimum absolute atomic E-state index is 0.0387. The van der Waals surface area contributed by atoms with Gasteiger partial charge < -0.3 is 9.64 Å². The molecule has 1 rings (SSSR count). The molecular formula is C15H20N2O2. The number of amides is 1. The monoisotopic (exact) mass is 260 g/mol. The van der Waals surface area contributed by atoms with Crippen LogP contribution in [0.3, 0.4) is 0 Å². The summed E-state index contributed by atoms with van der Waals surface area (Å²) in [6.07, 6.45) is 0.349. The first-order valence-corrected chi connectivity index (χ1v) is 6.36. The van der Waals surface area contributed by atoms with Crippen LogP contribution in [0.4, 0.5) is 0 Å². The van der Waals surface area contributed by atoms with Gasteiger partial charge in [0.15, 0.2) is 0 Å². The van der Waals surface area contributed by atoms with E-state index in [0.29, 0.717) is 25.1 Å². The average molecular weight is 260 g/mol. The molecular weight excluding hydrogens is 240 g/mol. The molecule has 0 aromatic heterocycles. The predicted molar refractivity (Wildman–Crippen MR) is 73.6 cm³/mol. The van der Waals surface area contributed by atoms with Gasteiger partial charge in [-0.1, -0.05) is 12.1 Å². The molecule has 0 aliphatic carbocycles. The first-order chi connectivity index (χ1) is 9.10. The molecule has 0 heterocycles. The molecule has 0 atom stereocenters. The Morgan fingerprint density at radius 2 is 2.21 bits per heavy atom. The summed E-state index contributed by atoms with van der Waals surface area (Å²) in [4.78, 5) is 14.1. The van der Waals surface area contributed by atoms with Crippen LogP contribution in [-0.4, -0.2) is 30.5 Å². The van der Waals surface area contributed by atoms with Gasteiger partial charge in [0.2, 0.25) is 0 Å². The van der Waals surface area contributed by atoms with Crippen molar-refractivity contribution in [3.63, 3.8) is 0 Å². The molecule has 19 heavy (non-hydrogen) atoms. The topological polar surface area (TPSA) is 53.3 Å². The van der Waals surface area contributed by atoms with Crippen molar-refractivity contribution in [2.24, 2.45) is 0 Å². The van der Waals surface area contributed by atoms with E-state index in [4.69, 9.17) is 10.00 Å². The van der Waals surface area contributed by atoms with Crippen LogP contribution in [0, 0.1) is 11.3 Å². The summed E-state index contributed by atoms with van der Waals surface area (Å²) >= 11 is 0. The minimum atomic E-state index is -0.0387. The summed E-state index contributed by atoms with van der Waals surface area (Å²) in [6.45, 7) is 4.85. The lowest BCUT2D eigenvalue weighted by molar-refractivity contribution is 0.0710. The summed E-state index contributed by atoms with van der Waals surface area (Å²) in [6, 6.07) is 9.57. The minimum Gasteiger partial charge on any atom is -0.380 e. The van der Waals surface area contributed by atoms with Crippen LogP contribution < -0.4 is 0 Å². The second kappa shape index (κ2) is 7.55. The van der Waals surface area contributed by atoms with Crippen LogP contribution in [0.25, 0.3) is 0 Å². The van der Waals surface area contributed by atoms with Crippen LogP contribution >= 0.6 is 0 Å². The molecule has 4 heteroatoms. The number of carbonyl (C=O) groups excluding carboxylic acids is 1. The Morgan fingerprint density at radius 3 is 2.79 bits per heavy atom. The number of hydrogen-bond acceptors (Lipinski definition) is 3. The molecule has 1 amide bonds. The zero-order valence-electron chi connectivity index (χ0n) is 11.7. The number of nitrogens with zero attached hydrogens (tertiary/aromatic N) is 2. The van der Waals surface area contributed by atoms with Gasteiger partial charge in [0.25, 0.3) is 5.91 Å². The van der Waals surface area contributed by atoms with E-state index in [2.05, 4.69) is 6.07 Å². The molecule has 0 saturated carbocycles. The van der Waals surface area contributed by atoms with Crippen molar-refractivity contribution in [3.8, 4) is 6.07 Å². The average Bonchev–Trinajstić information content (AvgIpc) is 2.39. The maximum absolute atomic E-state index is 12.4. The van der Waals surface area contributed by atoms with E-state index in [1.165, 1.54) is 0 Å². The van der Waals surface area contributed by atoms with Crippen molar-refractivity contribution < 1.29 is 9.53 Å². The van der Waals surface area contributed by atoms with Crippen LogP contribution in [0.15, 0.2) is 24.3 Å². The van der Waals surface area contributed by atoms with E-state index in [-0.39, 0.29) is 11.9 Å². The highest BCUT2D eigenvalue weighted by atomic mass is 16.5. The van der Waals surface area contributed by atoms with Gasteiger partial charge in [-0.05, 0) is 31.5 Å². The zero-order chi connectivity index (χ0) is 14.3. The van der Waals surface area contributed by atoms with Gasteiger partial charge in [0.05, 0.1) is 19.1 Å². The second-order valence-electron chi connectivity index (χ2n) is 4.63. The van der Waals surface area contributed by atoms with Gasteiger partial charge in [-0.2, -0.15) is 5.26 Å². The fourth-order valence-corrected chi connectivity index (χ4v) is 1.89. The molecule has 4 nitrogen and oxygen atoms in total. The molecule has 102 valence electrons. The molecule has 0 aliphatic rings. The Kier molecular flexibility index (Phi) is 6.04. The van der Waals surface area contributed by atoms with Gasteiger partial charge in [0, 0.05) is 25.3 Å². The van der Waals surface area contributed by atoms with E-state index in [9.17, 15) is 4.79 Å². The van der Waals surface area contributed by atoms with Crippen LogP contribution in [-0.2, 0) is 11.3 Å². The van der Waals surface area contributed by atoms with E-state index in [1.807, 2.05) is 32.0 Å². The zero-order valence-corrected chi connectivity index (χ0v) is 11.7. The number of carbonyl (C=O) groups is 1. The first kappa shape index (κ1) is 15.2. The summed E-state index contributed by atoms with van der Waals surface area (Å²) in [5, 5.41) is 8.66. The second-order valence-corrected chi connectivity index (χ2v) is 4.63. The Balaban J connectivity index is 2.89. The molecule has 0 spiro atoms. The lowest BCUT2D eigenvalue weighted by Crippen LogP contribution is -2.37. The highest BCUT2D eigenvalue weighted by Crippen LogP contribution is 2.12. The third-order valence-electron chi connectivity index (χ3n) is 2.83. The third-order valence-corrected chi connectivity index (χ3v) is 2.83. The van der Waals surface area contributed by atoms with E-state index >= 15 is 0 Å². The summed E-state index contributed by atoms with van der Waals surface area (Å²) in [5.41, 5.74) is 1.61. The SMILES string of the molecule is COCc1cccc(C(=O)N(CCC#N)C(C)C)c1. The molecule has 0 bridgehead atoms. The van der Waals surface area contributed by atoms with Gasteiger partial charge in [0.1, 0.15) is 0 Å². The molecule has 1 aromatic rings. The molecule has 0 radical (unpaired) electrons. The maximum atomic E-state index is 12.4. The fourth-order valence-electron chi connectivity index (χ4n) is 1.89. The van der Waals surface area contributed by atoms with Crippen LogP contribution in [0.1, 0.15) is 36.2 Å².